The number of rotatable bonds is 10. The van der Waals surface area contributed by atoms with Crippen molar-refractivity contribution in [2.75, 3.05) is 10.6 Å². The van der Waals surface area contributed by atoms with Gasteiger partial charge in [0.05, 0.1) is 21.5 Å². The van der Waals surface area contributed by atoms with Gasteiger partial charge in [0.15, 0.2) is 0 Å². The molecular weight excluding hydrogens is 659 g/mol. The van der Waals surface area contributed by atoms with Crippen molar-refractivity contribution in [1.29, 1.82) is 0 Å². The van der Waals surface area contributed by atoms with Gasteiger partial charge in [-0.2, -0.15) is 13.2 Å². The van der Waals surface area contributed by atoms with Crippen LogP contribution in [0.25, 0.3) is 16.8 Å². The fourth-order valence-corrected chi connectivity index (χ4v) is 6.00. The van der Waals surface area contributed by atoms with E-state index in [1.165, 1.54) is 11.8 Å². The minimum atomic E-state index is -4.60. The first-order chi connectivity index (χ1) is 23.0. The molecule has 0 aliphatic rings. The van der Waals surface area contributed by atoms with Crippen molar-refractivity contribution in [2.24, 2.45) is 0 Å². The van der Waals surface area contributed by atoms with Crippen molar-refractivity contribution in [3.63, 3.8) is 0 Å². The Morgan fingerprint density at radius 1 is 0.833 bits per heavy atom. The number of hydrogen-bond acceptors (Lipinski definition) is 4. The number of hydrogen-bond donors (Lipinski definition) is 3. The van der Waals surface area contributed by atoms with Crippen LogP contribution in [0.5, 0.6) is 0 Å². The van der Waals surface area contributed by atoms with Gasteiger partial charge >= 0.3 is 6.18 Å². The van der Waals surface area contributed by atoms with E-state index in [0.717, 1.165) is 34.5 Å². The van der Waals surface area contributed by atoms with Crippen LogP contribution in [0.15, 0.2) is 126 Å². The second-order valence-electron chi connectivity index (χ2n) is 10.6. The van der Waals surface area contributed by atoms with E-state index in [-0.39, 0.29) is 16.4 Å². The second-order valence-corrected chi connectivity index (χ2v) is 12.3. The fourth-order valence-electron chi connectivity index (χ4n) is 4.82. The van der Waals surface area contributed by atoms with Gasteiger partial charge in [-0.25, -0.2) is 0 Å². The van der Waals surface area contributed by atoms with Crippen LogP contribution >= 0.6 is 23.4 Å². The summed E-state index contributed by atoms with van der Waals surface area (Å²) < 4.78 is 39.7. The minimum Gasteiger partial charge on any atom is -0.324 e. The summed E-state index contributed by atoms with van der Waals surface area (Å²) in [4.78, 5) is 40.5. The molecule has 0 aromatic heterocycles. The quantitative estimate of drug-likeness (QED) is 0.101. The topological polar surface area (TPSA) is 87.3 Å². The zero-order valence-electron chi connectivity index (χ0n) is 25.5. The monoisotopic (exact) mass is 687 g/mol. The molecule has 6 nitrogen and oxygen atoms in total. The van der Waals surface area contributed by atoms with E-state index in [1.807, 2.05) is 42.5 Å². The molecule has 1 atom stereocenters. The molecule has 1 unspecified atom stereocenters. The van der Waals surface area contributed by atoms with Gasteiger partial charge < -0.3 is 16.0 Å². The molecule has 0 saturated carbocycles. The highest BCUT2D eigenvalue weighted by Crippen LogP contribution is 2.35. The molecule has 0 fully saturated rings. The normalized spacial score (nSPS) is 12.3. The number of nitrogens with one attached hydrogen (secondary N) is 3. The molecular formula is C37H29ClF3N3O3S. The summed E-state index contributed by atoms with van der Waals surface area (Å²) in [6.45, 7) is 1.77. The van der Waals surface area contributed by atoms with E-state index in [2.05, 4.69) is 16.0 Å². The van der Waals surface area contributed by atoms with Crippen molar-refractivity contribution >= 4 is 69.3 Å². The van der Waals surface area contributed by atoms with Gasteiger partial charge in [0.1, 0.15) is 5.70 Å². The second kappa shape index (κ2) is 15.2. The number of thioether (sulfide) groups is 1. The summed E-state index contributed by atoms with van der Waals surface area (Å²) >= 11 is 7.26. The first-order valence-corrected chi connectivity index (χ1v) is 16.1. The van der Waals surface area contributed by atoms with Crippen molar-refractivity contribution in [1.82, 2.24) is 5.32 Å². The third kappa shape index (κ3) is 8.64. The lowest BCUT2D eigenvalue weighted by Crippen LogP contribution is -2.30. The molecule has 48 heavy (non-hydrogen) atoms. The van der Waals surface area contributed by atoms with Gasteiger partial charge in [0, 0.05) is 16.1 Å². The Hall–Kier alpha value is -5.06. The molecule has 0 radical (unpaired) electrons. The Bertz CT molecular complexity index is 2000. The first-order valence-electron chi connectivity index (χ1n) is 14.8. The van der Waals surface area contributed by atoms with Crippen LogP contribution in [0, 0.1) is 0 Å². The van der Waals surface area contributed by atoms with Gasteiger partial charge in [-0.15, -0.1) is 11.8 Å². The standard InChI is InChI=1S/C37H29ClF3N3O3S/c1-2-33(36(47)43-31-21-26(37(39,40)41)18-19-30(31)38)48-28-16-9-15-27(22-28)42-35(46)32(44-34(45)24-11-4-3-5-12-24)20-25-14-8-13-23-10-6-7-17-29(23)25/h3-22,33H,2H2,1H3,(H,42,46)(H,43,47)(H,44,45)/b32-20+. The van der Waals surface area contributed by atoms with Gasteiger partial charge in [0.25, 0.3) is 11.8 Å². The summed E-state index contributed by atoms with van der Waals surface area (Å²) in [6, 6.07) is 31.4. The lowest BCUT2D eigenvalue weighted by Gasteiger charge is -2.17. The van der Waals surface area contributed by atoms with Crippen LogP contribution < -0.4 is 16.0 Å². The Morgan fingerprint density at radius 3 is 2.29 bits per heavy atom. The predicted octanol–water partition coefficient (Wildman–Crippen LogP) is 9.43. The Morgan fingerprint density at radius 2 is 1.54 bits per heavy atom. The Labute approximate surface area is 284 Å². The zero-order valence-corrected chi connectivity index (χ0v) is 27.0. The third-order valence-corrected chi connectivity index (χ3v) is 8.92. The predicted molar refractivity (Wildman–Crippen MR) is 186 cm³/mol. The van der Waals surface area contributed by atoms with Crippen LogP contribution in [0.1, 0.15) is 34.8 Å². The number of alkyl halides is 3. The summed E-state index contributed by atoms with van der Waals surface area (Å²) in [5, 5.41) is 9.26. The minimum absolute atomic E-state index is 0.0158. The molecule has 5 aromatic carbocycles. The average Bonchev–Trinajstić information content (AvgIpc) is 3.08. The highest BCUT2D eigenvalue weighted by Gasteiger charge is 2.31. The Balaban J connectivity index is 1.36. The van der Waals surface area contributed by atoms with E-state index >= 15 is 0 Å². The van der Waals surface area contributed by atoms with Gasteiger partial charge in [0.2, 0.25) is 5.91 Å². The number of fused-ring (bicyclic) bond motifs is 1. The maximum absolute atomic E-state index is 13.7. The van der Waals surface area contributed by atoms with E-state index < -0.39 is 34.7 Å². The van der Waals surface area contributed by atoms with E-state index in [0.29, 0.717) is 22.6 Å². The molecule has 0 saturated heterocycles. The molecule has 244 valence electrons. The third-order valence-electron chi connectivity index (χ3n) is 7.24. The summed E-state index contributed by atoms with van der Waals surface area (Å²) in [7, 11) is 0. The SMILES string of the molecule is CCC(Sc1cccc(NC(=O)/C(=C\c2cccc3ccccc23)NC(=O)c2ccccc2)c1)C(=O)Nc1cc(C(F)(F)F)ccc1Cl. The fraction of sp³-hybridized carbons (Fsp3) is 0.108. The highest BCUT2D eigenvalue weighted by atomic mass is 35.5. The van der Waals surface area contributed by atoms with Crippen LogP contribution in [-0.2, 0) is 15.8 Å². The first kappa shape index (κ1) is 34.3. The number of benzene rings is 5. The molecule has 11 heteroatoms. The molecule has 0 aliphatic carbocycles. The van der Waals surface area contributed by atoms with Crippen molar-refractivity contribution in [3.8, 4) is 0 Å². The van der Waals surface area contributed by atoms with Crippen molar-refractivity contribution in [3.05, 3.63) is 143 Å². The maximum atomic E-state index is 13.7. The number of halogens is 4. The zero-order chi connectivity index (χ0) is 34.3. The summed E-state index contributed by atoms with van der Waals surface area (Å²) in [6.07, 6.45) is -2.62. The van der Waals surface area contributed by atoms with E-state index in [9.17, 15) is 27.6 Å². The van der Waals surface area contributed by atoms with Gasteiger partial charge in [-0.1, -0.05) is 85.3 Å². The van der Waals surface area contributed by atoms with Crippen molar-refractivity contribution in [2.45, 2.75) is 29.7 Å². The molecule has 0 spiro atoms. The van der Waals surface area contributed by atoms with Crippen LogP contribution in [0.4, 0.5) is 24.5 Å². The average molecular weight is 688 g/mol. The summed E-state index contributed by atoms with van der Waals surface area (Å²) in [5.41, 5.74) is 0.456. The lowest BCUT2D eigenvalue weighted by atomic mass is 10.0. The molecule has 5 rings (SSSR count). The Kier molecular flexibility index (Phi) is 10.9. The van der Waals surface area contributed by atoms with Crippen LogP contribution in [-0.4, -0.2) is 23.0 Å². The van der Waals surface area contributed by atoms with E-state index in [1.54, 1.807) is 67.6 Å². The molecule has 0 bridgehead atoms. The molecule has 0 heterocycles. The van der Waals surface area contributed by atoms with Gasteiger partial charge in [-0.3, -0.25) is 14.4 Å². The highest BCUT2D eigenvalue weighted by molar-refractivity contribution is 8.00. The smallest absolute Gasteiger partial charge is 0.324 e. The molecule has 5 aromatic rings. The number of amides is 3. The van der Waals surface area contributed by atoms with E-state index in [4.69, 9.17) is 11.6 Å². The molecule has 0 aliphatic heterocycles. The lowest BCUT2D eigenvalue weighted by molar-refractivity contribution is -0.137. The maximum Gasteiger partial charge on any atom is 0.416 e. The summed E-state index contributed by atoms with van der Waals surface area (Å²) in [5.74, 6) is -1.56. The molecule has 3 N–H and O–H groups in total. The largest absolute Gasteiger partial charge is 0.416 e. The van der Waals surface area contributed by atoms with Gasteiger partial charge in [-0.05, 0) is 77.4 Å². The number of anilines is 2. The number of carbonyl (C=O) groups excluding carboxylic acids is 3. The molecule has 3 amide bonds. The van der Waals surface area contributed by atoms with Crippen LogP contribution in [0.3, 0.4) is 0 Å². The number of carbonyl (C=O) groups is 3. The van der Waals surface area contributed by atoms with Crippen LogP contribution in [0.2, 0.25) is 5.02 Å². The van der Waals surface area contributed by atoms with Crippen molar-refractivity contribution < 1.29 is 27.6 Å².